The third-order valence-electron chi connectivity index (χ3n) is 3.11. The van der Waals surface area contributed by atoms with Crippen molar-refractivity contribution in [2.75, 3.05) is 0 Å². The summed E-state index contributed by atoms with van der Waals surface area (Å²) in [5.41, 5.74) is 4.61. The second-order valence-corrected chi connectivity index (χ2v) is 4.74. The molecule has 1 N–H and O–H groups in total. The number of rotatable bonds is 2. The summed E-state index contributed by atoms with van der Waals surface area (Å²) < 4.78 is 0. The highest BCUT2D eigenvalue weighted by Gasteiger charge is 2.07. The minimum atomic E-state index is 0.337. The lowest BCUT2D eigenvalue weighted by molar-refractivity contribution is 0.477. The average Bonchev–Trinajstić information content (AvgIpc) is 2.29. The largest absolute Gasteiger partial charge is 0.507 e. The van der Waals surface area contributed by atoms with Crippen LogP contribution in [0, 0.1) is 6.92 Å². The van der Waals surface area contributed by atoms with E-state index in [1.807, 2.05) is 18.2 Å². The van der Waals surface area contributed by atoms with Gasteiger partial charge in [-0.05, 0) is 35.6 Å². The number of para-hydroxylation sites is 1. The maximum Gasteiger partial charge on any atom is 0.123 e. The molecule has 0 aromatic heterocycles. The summed E-state index contributed by atoms with van der Waals surface area (Å²) in [7, 11) is 0. The van der Waals surface area contributed by atoms with Crippen molar-refractivity contribution in [1.82, 2.24) is 0 Å². The Labute approximate surface area is 103 Å². The van der Waals surface area contributed by atoms with Crippen LogP contribution in [0.3, 0.4) is 0 Å². The van der Waals surface area contributed by atoms with E-state index >= 15 is 0 Å². The molecule has 88 valence electrons. The number of aromatic hydroxyl groups is 1. The molecule has 0 aliphatic carbocycles. The van der Waals surface area contributed by atoms with Crippen LogP contribution in [0.4, 0.5) is 0 Å². The van der Waals surface area contributed by atoms with Gasteiger partial charge in [0.25, 0.3) is 0 Å². The van der Waals surface area contributed by atoms with Gasteiger partial charge in [-0.15, -0.1) is 0 Å². The Kier molecular flexibility index (Phi) is 3.19. The summed E-state index contributed by atoms with van der Waals surface area (Å²) in [5, 5.41) is 9.83. The maximum atomic E-state index is 9.83. The normalized spacial score (nSPS) is 10.8. The van der Waals surface area contributed by atoms with E-state index in [2.05, 4.69) is 39.0 Å². The van der Waals surface area contributed by atoms with Crippen molar-refractivity contribution in [2.24, 2.45) is 0 Å². The van der Waals surface area contributed by atoms with Crippen molar-refractivity contribution in [3.8, 4) is 16.9 Å². The highest BCUT2D eigenvalue weighted by atomic mass is 16.3. The Bertz CT molecular complexity index is 527. The van der Waals surface area contributed by atoms with Gasteiger partial charge in [-0.3, -0.25) is 0 Å². The third kappa shape index (κ3) is 2.33. The van der Waals surface area contributed by atoms with Gasteiger partial charge in [0.05, 0.1) is 0 Å². The number of benzene rings is 2. The number of aryl methyl sites for hydroxylation is 1. The first kappa shape index (κ1) is 11.7. The number of hydrogen-bond acceptors (Lipinski definition) is 1. The maximum absolute atomic E-state index is 9.83. The molecule has 0 aliphatic rings. The Morgan fingerprint density at radius 2 is 1.71 bits per heavy atom. The Morgan fingerprint density at radius 3 is 2.29 bits per heavy atom. The van der Waals surface area contributed by atoms with Crippen LogP contribution in [0.25, 0.3) is 11.1 Å². The average molecular weight is 226 g/mol. The van der Waals surface area contributed by atoms with Crippen molar-refractivity contribution < 1.29 is 5.11 Å². The molecule has 17 heavy (non-hydrogen) atoms. The zero-order valence-electron chi connectivity index (χ0n) is 10.6. The molecule has 0 amide bonds. The Morgan fingerprint density at radius 1 is 1.00 bits per heavy atom. The van der Waals surface area contributed by atoms with E-state index in [1.54, 1.807) is 6.07 Å². The van der Waals surface area contributed by atoms with Crippen LogP contribution in [0.5, 0.6) is 5.75 Å². The summed E-state index contributed by atoms with van der Waals surface area (Å²) in [4.78, 5) is 0. The van der Waals surface area contributed by atoms with Gasteiger partial charge in [-0.25, -0.2) is 0 Å². The van der Waals surface area contributed by atoms with E-state index < -0.39 is 0 Å². The third-order valence-corrected chi connectivity index (χ3v) is 3.11. The van der Waals surface area contributed by atoms with Gasteiger partial charge in [0.2, 0.25) is 0 Å². The van der Waals surface area contributed by atoms with E-state index in [-0.39, 0.29) is 0 Å². The molecule has 0 radical (unpaired) electrons. The summed E-state index contributed by atoms with van der Waals surface area (Å²) >= 11 is 0. The van der Waals surface area contributed by atoms with Gasteiger partial charge in [0, 0.05) is 5.56 Å². The molecule has 0 aliphatic heterocycles. The van der Waals surface area contributed by atoms with Crippen LogP contribution in [0.2, 0.25) is 0 Å². The lowest BCUT2D eigenvalue weighted by Gasteiger charge is -2.12. The van der Waals surface area contributed by atoms with Gasteiger partial charge in [-0.2, -0.15) is 0 Å². The van der Waals surface area contributed by atoms with E-state index in [4.69, 9.17) is 0 Å². The first-order valence-electron chi connectivity index (χ1n) is 5.98. The molecule has 2 aromatic carbocycles. The smallest absolute Gasteiger partial charge is 0.123 e. The second kappa shape index (κ2) is 4.62. The van der Waals surface area contributed by atoms with E-state index in [9.17, 15) is 5.11 Å². The van der Waals surface area contributed by atoms with Crippen LogP contribution >= 0.6 is 0 Å². The minimum absolute atomic E-state index is 0.337. The van der Waals surface area contributed by atoms with Crippen LogP contribution in [0.15, 0.2) is 42.5 Å². The van der Waals surface area contributed by atoms with Crippen LogP contribution in [-0.2, 0) is 0 Å². The fourth-order valence-corrected chi connectivity index (χ4v) is 2.21. The Hall–Kier alpha value is -1.76. The topological polar surface area (TPSA) is 20.2 Å². The highest BCUT2D eigenvalue weighted by molar-refractivity contribution is 5.70. The highest BCUT2D eigenvalue weighted by Crippen LogP contribution is 2.31. The predicted octanol–water partition coefficient (Wildman–Crippen LogP) is 4.49. The molecular weight excluding hydrogens is 208 g/mol. The fourth-order valence-electron chi connectivity index (χ4n) is 2.21. The molecule has 0 atom stereocenters. The van der Waals surface area contributed by atoms with Gasteiger partial charge in [-0.1, -0.05) is 50.2 Å². The molecule has 0 unspecified atom stereocenters. The SMILES string of the molecule is Cc1cc(-c2ccccc2O)ccc1C(C)C. The molecule has 1 nitrogen and oxygen atoms in total. The van der Waals surface area contributed by atoms with Crippen molar-refractivity contribution in [3.63, 3.8) is 0 Å². The molecular formula is C16H18O. The molecule has 1 heteroatoms. The fraction of sp³-hybridized carbons (Fsp3) is 0.250. The molecule has 0 saturated heterocycles. The van der Waals surface area contributed by atoms with Crippen molar-refractivity contribution in [1.29, 1.82) is 0 Å². The van der Waals surface area contributed by atoms with Crippen molar-refractivity contribution in [3.05, 3.63) is 53.6 Å². The Balaban J connectivity index is 2.49. The predicted molar refractivity (Wildman–Crippen MR) is 72.4 cm³/mol. The number of phenolic OH excluding ortho intramolecular Hbond substituents is 1. The van der Waals surface area contributed by atoms with Gasteiger partial charge >= 0.3 is 0 Å². The summed E-state index contributed by atoms with van der Waals surface area (Å²) in [6, 6.07) is 13.8. The van der Waals surface area contributed by atoms with E-state index in [1.165, 1.54) is 11.1 Å². The lowest BCUT2D eigenvalue weighted by Crippen LogP contribution is -1.92. The van der Waals surface area contributed by atoms with Crippen LogP contribution < -0.4 is 0 Å². The molecule has 2 rings (SSSR count). The quantitative estimate of drug-likeness (QED) is 0.799. The van der Waals surface area contributed by atoms with Crippen LogP contribution in [0.1, 0.15) is 30.9 Å². The van der Waals surface area contributed by atoms with E-state index in [0.29, 0.717) is 11.7 Å². The number of hydrogen-bond donors (Lipinski definition) is 1. The zero-order chi connectivity index (χ0) is 12.4. The molecule has 0 spiro atoms. The van der Waals surface area contributed by atoms with Gasteiger partial charge in [0.1, 0.15) is 5.75 Å². The summed E-state index contributed by atoms with van der Waals surface area (Å²) in [6.07, 6.45) is 0. The standard InChI is InChI=1S/C16H18O/c1-11(2)14-9-8-13(10-12(14)3)15-6-4-5-7-16(15)17/h4-11,17H,1-3H3. The molecule has 0 heterocycles. The molecule has 0 saturated carbocycles. The van der Waals surface area contributed by atoms with Crippen molar-refractivity contribution in [2.45, 2.75) is 26.7 Å². The van der Waals surface area contributed by atoms with Gasteiger partial charge in [0.15, 0.2) is 0 Å². The summed E-state index contributed by atoms with van der Waals surface area (Å²) in [6.45, 7) is 6.52. The molecule has 0 bridgehead atoms. The monoisotopic (exact) mass is 226 g/mol. The van der Waals surface area contributed by atoms with Crippen LogP contribution in [-0.4, -0.2) is 5.11 Å². The zero-order valence-corrected chi connectivity index (χ0v) is 10.6. The summed E-state index contributed by atoms with van der Waals surface area (Å²) in [5.74, 6) is 0.873. The van der Waals surface area contributed by atoms with E-state index in [0.717, 1.165) is 11.1 Å². The molecule has 2 aromatic rings. The second-order valence-electron chi connectivity index (χ2n) is 4.74. The van der Waals surface area contributed by atoms with Gasteiger partial charge < -0.3 is 5.11 Å². The molecule has 0 fully saturated rings. The minimum Gasteiger partial charge on any atom is -0.507 e. The first-order valence-corrected chi connectivity index (χ1v) is 5.98. The number of phenols is 1. The van der Waals surface area contributed by atoms with Crippen molar-refractivity contribution >= 4 is 0 Å². The lowest BCUT2D eigenvalue weighted by atomic mass is 9.94. The first-order chi connectivity index (χ1) is 8.09.